The van der Waals surface area contributed by atoms with Gasteiger partial charge in [-0.15, -0.1) is 0 Å². The number of para-hydroxylation sites is 2. The molecule has 4 aromatic rings. The molecule has 2 N–H and O–H groups in total. The molecule has 0 fully saturated rings. The van der Waals surface area contributed by atoms with Crippen LogP contribution in [0.5, 0.6) is 0 Å². The molecule has 0 aliphatic rings. The van der Waals surface area contributed by atoms with Crippen LogP contribution in [-0.4, -0.2) is 25.7 Å². The monoisotopic (exact) mass is 413 g/mol. The minimum Gasteiger partial charge on any atom is -0.324 e. The van der Waals surface area contributed by atoms with E-state index in [1.54, 1.807) is 24.3 Å². The standard InChI is InChI=1S/C20H14F3N5O2/c21-20(22,23)13-7-5-12(6-8-13)9-17(29)27-15-3-1-2-4-16(15)28-18-14(10-26-28)19(30)25-11-24-18/h1-8,10-11H,9H2,(H,27,29)(H,24,25,30). The number of H-pyrrole nitrogens is 1. The van der Waals surface area contributed by atoms with Crippen molar-refractivity contribution in [3.63, 3.8) is 0 Å². The van der Waals surface area contributed by atoms with Crippen molar-refractivity contribution in [2.24, 2.45) is 0 Å². The molecule has 0 bridgehead atoms. The third kappa shape index (κ3) is 3.79. The van der Waals surface area contributed by atoms with Crippen molar-refractivity contribution in [3.8, 4) is 5.69 Å². The summed E-state index contributed by atoms with van der Waals surface area (Å²) in [6.07, 6.45) is -1.90. The zero-order valence-corrected chi connectivity index (χ0v) is 15.3. The number of carbonyl (C=O) groups is 1. The fraction of sp³-hybridized carbons (Fsp3) is 0.100. The Hall–Kier alpha value is -3.95. The highest BCUT2D eigenvalue weighted by molar-refractivity contribution is 5.94. The lowest BCUT2D eigenvalue weighted by Crippen LogP contribution is -2.16. The summed E-state index contributed by atoms with van der Waals surface area (Å²) in [5.74, 6) is -0.413. The molecular formula is C20H14F3N5O2. The molecule has 0 saturated heterocycles. The number of hydrogen-bond donors (Lipinski definition) is 2. The van der Waals surface area contributed by atoms with Gasteiger partial charge in [0.1, 0.15) is 5.39 Å². The number of aromatic nitrogens is 4. The highest BCUT2D eigenvalue weighted by atomic mass is 19.4. The third-order valence-electron chi connectivity index (χ3n) is 4.42. The van der Waals surface area contributed by atoms with Crippen molar-refractivity contribution in [1.82, 2.24) is 19.7 Å². The number of carbonyl (C=O) groups excluding carboxylic acids is 1. The number of rotatable bonds is 4. The highest BCUT2D eigenvalue weighted by Crippen LogP contribution is 2.29. The Morgan fingerprint density at radius 3 is 2.57 bits per heavy atom. The lowest BCUT2D eigenvalue weighted by molar-refractivity contribution is -0.137. The van der Waals surface area contributed by atoms with Crippen LogP contribution in [0.2, 0.25) is 0 Å². The van der Waals surface area contributed by atoms with E-state index in [2.05, 4.69) is 20.4 Å². The topological polar surface area (TPSA) is 92.7 Å². The van der Waals surface area contributed by atoms with Crippen LogP contribution in [0, 0.1) is 0 Å². The van der Waals surface area contributed by atoms with Crippen molar-refractivity contribution in [3.05, 3.63) is 82.5 Å². The van der Waals surface area contributed by atoms with Gasteiger partial charge in [0.15, 0.2) is 5.65 Å². The van der Waals surface area contributed by atoms with Gasteiger partial charge in [-0.1, -0.05) is 24.3 Å². The summed E-state index contributed by atoms with van der Waals surface area (Å²) in [5.41, 5.74) is 0.562. The predicted octanol–water partition coefficient (Wildman–Crippen LogP) is 3.31. The van der Waals surface area contributed by atoms with E-state index in [4.69, 9.17) is 0 Å². The quantitative estimate of drug-likeness (QED) is 0.537. The maximum atomic E-state index is 12.7. The Labute approximate surface area is 167 Å². The van der Waals surface area contributed by atoms with E-state index in [1.807, 2.05) is 0 Å². The molecule has 0 spiro atoms. The van der Waals surface area contributed by atoms with E-state index in [9.17, 15) is 22.8 Å². The Bertz CT molecular complexity index is 1280. The summed E-state index contributed by atoms with van der Waals surface area (Å²) in [7, 11) is 0. The number of anilines is 1. The summed E-state index contributed by atoms with van der Waals surface area (Å²) in [6, 6.07) is 11.2. The first kappa shape index (κ1) is 19.4. The first-order valence-electron chi connectivity index (χ1n) is 8.80. The van der Waals surface area contributed by atoms with Crippen LogP contribution in [0.4, 0.5) is 18.9 Å². The Balaban J connectivity index is 1.58. The van der Waals surface area contributed by atoms with Gasteiger partial charge in [-0.2, -0.15) is 18.3 Å². The largest absolute Gasteiger partial charge is 0.416 e. The van der Waals surface area contributed by atoms with Crippen LogP contribution in [0.25, 0.3) is 16.7 Å². The number of alkyl halides is 3. The van der Waals surface area contributed by atoms with Crippen molar-refractivity contribution < 1.29 is 18.0 Å². The van der Waals surface area contributed by atoms with Gasteiger partial charge in [0.05, 0.1) is 35.9 Å². The normalized spacial score (nSPS) is 11.6. The number of nitrogens with zero attached hydrogens (tertiary/aromatic N) is 3. The van der Waals surface area contributed by atoms with Gasteiger partial charge in [-0.3, -0.25) is 9.59 Å². The Kier molecular flexibility index (Phi) is 4.82. The molecule has 0 saturated carbocycles. The summed E-state index contributed by atoms with van der Waals surface area (Å²) >= 11 is 0. The number of halogens is 3. The molecule has 1 amide bonds. The van der Waals surface area contributed by atoms with Crippen molar-refractivity contribution >= 4 is 22.6 Å². The first-order chi connectivity index (χ1) is 14.3. The molecule has 0 aliphatic carbocycles. The number of fused-ring (bicyclic) bond motifs is 1. The van der Waals surface area contributed by atoms with Crippen LogP contribution >= 0.6 is 0 Å². The van der Waals surface area contributed by atoms with Gasteiger partial charge in [0.25, 0.3) is 5.56 Å². The number of amides is 1. The molecule has 0 unspecified atom stereocenters. The lowest BCUT2D eigenvalue weighted by atomic mass is 10.1. The fourth-order valence-electron chi connectivity index (χ4n) is 2.99. The predicted molar refractivity (Wildman–Crippen MR) is 103 cm³/mol. The van der Waals surface area contributed by atoms with Crippen molar-refractivity contribution in [1.29, 1.82) is 0 Å². The molecule has 2 aromatic carbocycles. The molecule has 30 heavy (non-hydrogen) atoms. The van der Waals surface area contributed by atoms with Gasteiger partial charge in [0.2, 0.25) is 5.91 Å². The van der Waals surface area contributed by atoms with Crippen LogP contribution in [0.3, 0.4) is 0 Å². The second-order valence-corrected chi connectivity index (χ2v) is 6.46. The number of nitrogens with one attached hydrogen (secondary N) is 2. The molecule has 2 heterocycles. The minimum absolute atomic E-state index is 0.107. The van der Waals surface area contributed by atoms with E-state index in [0.717, 1.165) is 12.1 Å². The second-order valence-electron chi connectivity index (χ2n) is 6.46. The summed E-state index contributed by atoms with van der Waals surface area (Å²) in [6.45, 7) is 0. The van der Waals surface area contributed by atoms with Gasteiger partial charge in [0, 0.05) is 0 Å². The zero-order valence-electron chi connectivity index (χ0n) is 15.3. The van der Waals surface area contributed by atoms with Crippen LogP contribution in [0.15, 0.2) is 65.8 Å². The molecule has 4 rings (SSSR count). The van der Waals surface area contributed by atoms with E-state index in [-0.39, 0.29) is 12.0 Å². The molecule has 7 nitrogen and oxygen atoms in total. The second kappa shape index (κ2) is 7.47. The van der Waals surface area contributed by atoms with E-state index in [1.165, 1.54) is 29.3 Å². The van der Waals surface area contributed by atoms with Gasteiger partial charge >= 0.3 is 6.18 Å². The smallest absolute Gasteiger partial charge is 0.324 e. The molecule has 2 aromatic heterocycles. The Morgan fingerprint density at radius 1 is 1.10 bits per heavy atom. The SMILES string of the molecule is O=C(Cc1ccc(C(F)(F)F)cc1)Nc1ccccc1-n1ncc2c(=O)[nH]cnc21. The zero-order chi connectivity index (χ0) is 21.3. The highest BCUT2D eigenvalue weighted by Gasteiger charge is 2.30. The van der Waals surface area contributed by atoms with Crippen LogP contribution < -0.4 is 10.9 Å². The Morgan fingerprint density at radius 2 is 1.83 bits per heavy atom. The van der Waals surface area contributed by atoms with E-state index >= 15 is 0 Å². The summed E-state index contributed by atoms with van der Waals surface area (Å²) in [4.78, 5) is 31.0. The fourth-order valence-corrected chi connectivity index (χ4v) is 2.99. The van der Waals surface area contributed by atoms with E-state index < -0.39 is 17.6 Å². The number of aromatic amines is 1. The minimum atomic E-state index is -4.43. The first-order valence-corrected chi connectivity index (χ1v) is 8.80. The average Bonchev–Trinajstić information content (AvgIpc) is 3.13. The van der Waals surface area contributed by atoms with Crippen molar-refractivity contribution in [2.45, 2.75) is 12.6 Å². The number of benzene rings is 2. The maximum absolute atomic E-state index is 12.7. The maximum Gasteiger partial charge on any atom is 0.416 e. The van der Waals surface area contributed by atoms with E-state index in [0.29, 0.717) is 28.0 Å². The molecule has 0 atom stereocenters. The van der Waals surface area contributed by atoms with Gasteiger partial charge < -0.3 is 10.3 Å². The molecule has 10 heteroatoms. The summed E-state index contributed by atoms with van der Waals surface area (Å²) in [5, 5.41) is 7.22. The number of hydrogen-bond acceptors (Lipinski definition) is 4. The average molecular weight is 413 g/mol. The van der Waals surface area contributed by atoms with Crippen LogP contribution in [-0.2, 0) is 17.4 Å². The third-order valence-corrected chi connectivity index (χ3v) is 4.42. The van der Waals surface area contributed by atoms with Gasteiger partial charge in [-0.05, 0) is 29.8 Å². The molecule has 0 radical (unpaired) electrons. The molecule has 152 valence electrons. The molecular weight excluding hydrogens is 399 g/mol. The lowest BCUT2D eigenvalue weighted by Gasteiger charge is -2.12. The molecule has 0 aliphatic heterocycles. The van der Waals surface area contributed by atoms with Gasteiger partial charge in [-0.25, -0.2) is 9.67 Å². The summed E-state index contributed by atoms with van der Waals surface area (Å²) < 4.78 is 39.4. The van der Waals surface area contributed by atoms with Crippen molar-refractivity contribution in [2.75, 3.05) is 5.32 Å². The van der Waals surface area contributed by atoms with Crippen LogP contribution in [0.1, 0.15) is 11.1 Å².